The molecule has 0 bridgehead atoms. The van der Waals surface area contributed by atoms with Gasteiger partial charge in [-0.2, -0.15) is 0 Å². The zero-order chi connectivity index (χ0) is 21.1. The van der Waals surface area contributed by atoms with E-state index in [9.17, 15) is 14.0 Å². The first-order valence-electron chi connectivity index (χ1n) is 11.2. The van der Waals surface area contributed by atoms with Crippen LogP contribution in [-0.4, -0.2) is 49.1 Å². The van der Waals surface area contributed by atoms with Crippen LogP contribution in [0.3, 0.4) is 0 Å². The Balaban J connectivity index is 1.51. The molecule has 2 amide bonds. The van der Waals surface area contributed by atoms with E-state index >= 15 is 0 Å². The van der Waals surface area contributed by atoms with E-state index in [-0.39, 0.29) is 29.6 Å². The molecule has 3 atom stereocenters. The van der Waals surface area contributed by atoms with Gasteiger partial charge in [0.2, 0.25) is 11.8 Å². The fraction of sp³-hybridized carbons (Fsp3) is 0.652. The van der Waals surface area contributed by atoms with E-state index in [1.165, 1.54) is 18.9 Å². The molecule has 164 valence electrons. The van der Waals surface area contributed by atoms with E-state index in [1.54, 1.807) is 19.2 Å². The number of hydrogen-bond donors (Lipinski definition) is 2. The van der Waals surface area contributed by atoms with Gasteiger partial charge >= 0.3 is 0 Å². The average Bonchev–Trinajstić information content (AvgIpc) is 3.44. The first kappa shape index (κ1) is 21.2. The van der Waals surface area contributed by atoms with Gasteiger partial charge in [0.05, 0.1) is 23.9 Å². The number of halogens is 1. The van der Waals surface area contributed by atoms with Gasteiger partial charge in [0, 0.05) is 26.6 Å². The smallest absolute Gasteiger partial charge is 0.241 e. The topological polar surface area (TPSA) is 70.7 Å². The molecule has 2 N–H and O–H groups in total. The lowest BCUT2D eigenvalue weighted by molar-refractivity contribution is -0.136. The molecule has 1 aliphatic carbocycles. The first-order valence-corrected chi connectivity index (χ1v) is 11.2. The van der Waals surface area contributed by atoms with Gasteiger partial charge in [0.25, 0.3) is 0 Å². The lowest BCUT2D eigenvalue weighted by Crippen LogP contribution is -2.38. The Labute approximate surface area is 177 Å². The second-order valence-electron chi connectivity index (χ2n) is 8.86. The molecule has 3 unspecified atom stereocenters. The highest BCUT2D eigenvalue weighted by Gasteiger charge is 2.32. The standard InChI is InChI=1S/C23H32FN3O3/c1-30-17-13-20(25-14-17)23(29)26-19-12-16(8-9-18(19)24)21(10-7-15-5-6-15)27-11-3-2-4-22(27)28/h8-9,12,15,17,20-21,25H,2-7,10-11,13-14H2,1H3,(H,26,29). The molecule has 1 aromatic rings. The number of anilines is 1. The molecule has 3 aliphatic rings. The summed E-state index contributed by atoms with van der Waals surface area (Å²) in [6, 6.07) is 4.43. The van der Waals surface area contributed by atoms with Gasteiger partial charge in [0.1, 0.15) is 5.82 Å². The molecule has 0 aromatic heterocycles. The lowest BCUT2D eigenvalue weighted by atomic mass is 9.95. The Morgan fingerprint density at radius 2 is 2.20 bits per heavy atom. The number of nitrogens with one attached hydrogen (secondary N) is 2. The maximum absolute atomic E-state index is 14.5. The van der Waals surface area contributed by atoms with Crippen molar-refractivity contribution in [2.75, 3.05) is 25.5 Å². The molecule has 2 heterocycles. The van der Waals surface area contributed by atoms with Gasteiger partial charge in [-0.25, -0.2) is 4.39 Å². The SMILES string of the molecule is COC1CNC(C(=O)Nc2cc(C(CCC3CC3)N3CCCCC3=O)ccc2F)C1. The van der Waals surface area contributed by atoms with Crippen LogP contribution < -0.4 is 10.6 Å². The van der Waals surface area contributed by atoms with Crippen LogP contribution in [0.5, 0.6) is 0 Å². The van der Waals surface area contributed by atoms with Crippen LogP contribution >= 0.6 is 0 Å². The molecule has 6 nitrogen and oxygen atoms in total. The zero-order valence-corrected chi connectivity index (χ0v) is 17.7. The summed E-state index contributed by atoms with van der Waals surface area (Å²) in [4.78, 5) is 27.2. The number of amides is 2. The normalized spacial score (nSPS) is 25.4. The summed E-state index contributed by atoms with van der Waals surface area (Å²) in [7, 11) is 1.62. The summed E-state index contributed by atoms with van der Waals surface area (Å²) in [5.41, 5.74) is 1.08. The van der Waals surface area contributed by atoms with Crippen molar-refractivity contribution in [2.45, 2.75) is 69.6 Å². The second-order valence-corrected chi connectivity index (χ2v) is 8.86. The third-order valence-electron chi connectivity index (χ3n) is 6.65. The van der Waals surface area contributed by atoms with E-state index in [0.717, 1.165) is 43.7 Å². The van der Waals surface area contributed by atoms with Crippen molar-refractivity contribution in [1.29, 1.82) is 0 Å². The summed E-state index contributed by atoms with van der Waals surface area (Å²) >= 11 is 0. The largest absolute Gasteiger partial charge is 0.380 e. The van der Waals surface area contributed by atoms with Crippen LogP contribution in [0.15, 0.2) is 18.2 Å². The van der Waals surface area contributed by atoms with Crippen LogP contribution in [0.1, 0.15) is 63.0 Å². The average molecular weight is 418 g/mol. The van der Waals surface area contributed by atoms with Gasteiger partial charge in [-0.15, -0.1) is 0 Å². The fourth-order valence-corrected chi connectivity index (χ4v) is 4.61. The molecule has 1 aromatic carbocycles. The zero-order valence-electron chi connectivity index (χ0n) is 17.7. The van der Waals surface area contributed by atoms with E-state index in [1.807, 2.05) is 4.90 Å². The summed E-state index contributed by atoms with van der Waals surface area (Å²) < 4.78 is 19.8. The summed E-state index contributed by atoms with van der Waals surface area (Å²) in [6.07, 6.45) is 7.58. The van der Waals surface area contributed by atoms with Gasteiger partial charge in [-0.1, -0.05) is 18.9 Å². The number of ether oxygens (including phenoxy) is 1. The highest BCUT2D eigenvalue weighted by atomic mass is 19.1. The first-order chi connectivity index (χ1) is 14.5. The van der Waals surface area contributed by atoms with Gasteiger partial charge < -0.3 is 20.3 Å². The molecule has 4 rings (SSSR count). The number of hydrogen-bond acceptors (Lipinski definition) is 4. The Kier molecular flexibility index (Phi) is 6.68. The van der Waals surface area contributed by atoms with Crippen molar-refractivity contribution in [3.63, 3.8) is 0 Å². The van der Waals surface area contributed by atoms with E-state index < -0.39 is 11.9 Å². The lowest BCUT2D eigenvalue weighted by Gasteiger charge is -2.35. The van der Waals surface area contributed by atoms with Crippen molar-refractivity contribution >= 4 is 17.5 Å². The maximum Gasteiger partial charge on any atom is 0.241 e. The van der Waals surface area contributed by atoms with E-state index in [2.05, 4.69) is 10.6 Å². The molecule has 1 saturated carbocycles. The number of likely N-dealkylation sites (tertiary alicyclic amines) is 1. The number of nitrogens with zero attached hydrogens (tertiary/aromatic N) is 1. The molecule has 0 spiro atoms. The van der Waals surface area contributed by atoms with Crippen molar-refractivity contribution in [3.8, 4) is 0 Å². The van der Waals surface area contributed by atoms with Gasteiger partial charge in [0.15, 0.2) is 0 Å². The summed E-state index contributed by atoms with van der Waals surface area (Å²) in [5, 5.41) is 5.87. The van der Waals surface area contributed by atoms with Crippen LogP contribution in [0.2, 0.25) is 0 Å². The van der Waals surface area contributed by atoms with Crippen molar-refractivity contribution in [3.05, 3.63) is 29.6 Å². The fourth-order valence-electron chi connectivity index (χ4n) is 4.61. The minimum atomic E-state index is -0.459. The highest BCUT2D eigenvalue weighted by molar-refractivity contribution is 5.95. The predicted molar refractivity (Wildman–Crippen MR) is 112 cm³/mol. The number of benzene rings is 1. The molecule has 7 heteroatoms. The molecule has 2 saturated heterocycles. The minimum absolute atomic E-state index is 0.00569. The Morgan fingerprint density at radius 1 is 1.37 bits per heavy atom. The quantitative estimate of drug-likeness (QED) is 0.680. The third-order valence-corrected chi connectivity index (χ3v) is 6.65. The van der Waals surface area contributed by atoms with Crippen molar-refractivity contribution < 1.29 is 18.7 Å². The minimum Gasteiger partial charge on any atom is -0.380 e. The van der Waals surface area contributed by atoms with Crippen LogP contribution in [0.4, 0.5) is 10.1 Å². The Hall–Kier alpha value is -1.99. The van der Waals surface area contributed by atoms with Crippen LogP contribution in [0.25, 0.3) is 0 Å². The van der Waals surface area contributed by atoms with Crippen molar-refractivity contribution in [2.24, 2.45) is 5.92 Å². The number of piperidine rings is 1. The molecule has 2 aliphatic heterocycles. The van der Waals surface area contributed by atoms with Gasteiger partial charge in [-0.05, 0) is 55.7 Å². The number of carbonyl (C=O) groups excluding carboxylic acids is 2. The number of carbonyl (C=O) groups is 2. The van der Waals surface area contributed by atoms with Crippen LogP contribution in [0, 0.1) is 11.7 Å². The predicted octanol–water partition coefficient (Wildman–Crippen LogP) is 3.38. The van der Waals surface area contributed by atoms with E-state index in [0.29, 0.717) is 19.4 Å². The molecular formula is C23H32FN3O3. The Morgan fingerprint density at radius 3 is 2.90 bits per heavy atom. The summed E-state index contributed by atoms with van der Waals surface area (Å²) in [6.45, 7) is 1.36. The number of rotatable bonds is 8. The molecule has 30 heavy (non-hydrogen) atoms. The third kappa shape index (κ3) is 5.01. The molecule has 0 radical (unpaired) electrons. The highest BCUT2D eigenvalue weighted by Crippen LogP contribution is 2.39. The monoisotopic (exact) mass is 417 g/mol. The number of methoxy groups -OCH3 is 1. The van der Waals surface area contributed by atoms with Crippen molar-refractivity contribution in [1.82, 2.24) is 10.2 Å². The second kappa shape index (κ2) is 9.43. The van der Waals surface area contributed by atoms with Crippen LogP contribution in [-0.2, 0) is 14.3 Å². The summed E-state index contributed by atoms with van der Waals surface area (Å²) in [5.74, 6) is 0.223. The Bertz CT molecular complexity index is 783. The molecule has 3 fully saturated rings. The maximum atomic E-state index is 14.5. The van der Waals surface area contributed by atoms with Gasteiger partial charge in [-0.3, -0.25) is 9.59 Å². The molecular weight excluding hydrogens is 385 g/mol. The van der Waals surface area contributed by atoms with E-state index in [4.69, 9.17) is 4.74 Å².